The van der Waals surface area contributed by atoms with Gasteiger partial charge in [0.25, 0.3) is 0 Å². The van der Waals surface area contributed by atoms with Gasteiger partial charge in [-0.2, -0.15) is 0 Å². The summed E-state index contributed by atoms with van der Waals surface area (Å²) in [7, 11) is 0. The zero-order valence-corrected chi connectivity index (χ0v) is 9.30. The van der Waals surface area contributed by atoms with Crippen molar-refractivity contribution in [2.24, 2.45) is 0 Å². The Balaban J connectivity index is 1.96. The second kappa shape index (κ2) is 4.26. The molecule has 3 rings (SSSR count). The maximum atomic E-state index is 4.30. The van der Waals surface area contributed by atoms with Crippen molar-refractivity contribution in [3.05, 3.63) is 66.9 Å². The standard InChI is InChI=1S/C15H12N2/c1-2-6-13(7-3-1)17-14-8-9-15-12(11-14)5-4-10-16-15/h1-11,17H. The predicted octanol–water partition coefficient (Wildman–Crippen LogP) is 3.98. The molecule has 1 heterocycles. The van der Waals surface area contributed by atoms with Crippen LogP contribution in [0.15, 0.2) is 66.9 Å². The molecule has 0 radical (unpaired) electrons. The second-order valence-electron chi connectivity index (χ2n) is 3.90. The van der Waals surface area contributed by atoms with Crippen LogP contribution in [0.5, 0.6) is 0 Å². The SMILES string of the molecule is c1ccc(Nc2ccc3ncccc3c2)cc1. The molecule has 0 amide bonds. The molecule has 0 bridgehead atoms. The van der Waals surface area contributed by atoms with E-state index < -0.39 is 0 Å². The van der Waals surface area contributed by atoms with Gasteiger partial charge in [-0.3, -0.25) is 4.98 Å². The Labute approximate surface area is 99.9 Å². The fraction of sp³-hybridized carbons (Fsp3) is 0. The lowest BCUT2D eigenvalue weighted by atomic mass is 10.2. The Bertz CT molecular complexity index is 633. The number of nitrogens with zero attached hydrogens (tertiary/aromatic N) is 1. The zero-order valence-electron chi connectivity index (χ0n) is 9.30. The smallest absolute Gasteiger partial charge is 0.0703 e. The average molecular weight is 220 g/mol. The Kier molecular flexibility index (Phi) is 2.47. The Morgan fingerprint density at radius 3 is 2.53 bits per heavy atom. The highest BCUT2D eigenvalue weighted by atomic mass is 14.9. The number of hydrogen-bond donors (Lipinski definition) is 1. The number of rotatable bonds is 2. The van der Waals surface area contributed by atoms with Crippen LogP contribution in [0.3, 0.4) is 0 Å². The van der Waals surface area contributed by atoms with Gasteiger partial charge in [-0.25, -0.2) is 0 Å². The minimum absolute atomic E-state index is 1.02. The largest absolute Gasteiger partial charge is 0.356 e. The van der Waals surface area contributed by atoms with Gasteiger partial charge in [-0.1, -0.05) is 24.3 Å². The third kappa shape index (κ3) is 2.11. The fourth-order valence-corrected chi connectivity index (χ4v) is 1.84. The zero-order chi connectivity index (χ0) is 11.5. The Morgan fingerprint density at radius 2 is 1.65 bits per heavy atom. The van der Waals surface area contributed by atoms with E-state index in [1.165, 1.54) is 0 Å². The molecule has 3 aromatic rings. The van der Waals surface area contributed by atoms with E-state index in [1.807, 2.05) is 54.7 Å². The van der Waals surface area contributed by atoms with Gasteiger partial charge in [-0.15, -0.1) is 0 Å². The van der Waals surface area contributed by atoms with Crippen LogP contribution in [0.4, 0.5) is 11.4 Å². The minimum Gasteiger partial charge on any atom is -0.356 e. The van der Waals surface area contributed by atoms with Gasteiger partial charge in [0.05, 0.1) is 5.52 Å². The number of hydrogen-bond acceptors (Lipinski definition) is 2. The average Bonchev–Trinajstić information content (AvgIpc) is 2.40. The molecule has 2 heteroatoms. The molecule has 0 unspecified atom stereocenters. The van der Waals surface area contributed by atoms with E-state index in [4.69, 9.17) is 0 Å². The van der Waals surface area contributed by atoms with E-state index in [0.29, 0.717) is 0 Å². The van der Waals surface area contributed by atoms with E-state index in [2.05, 4.69) is 22.4 Å². The molecule has 0 saturated heterocycles. The summed E-state index contributed by atoms with van der Waals surface area (Å²) in [6.07, 6.45) is 1.81. The van der Waals surface area contributed by atoms with Crippen LogP contribution in [0.25, 0.3) is 10.9 Å². The highest BCUT2D eigenvalue weighted by Gasteiger charge is 1.97. The fourth-order valence-electron chi connectivity index (χ4n) is 1.84. The third-order valence-electron chi connectivity index (χ3n) is 2.67. The van der Waals surface area contributed by atoms with E-state index in [-0.39, 0.29) is 0 Å². The van der Waals surface area contributed by atoms with Gasteiger partial charge in [0.2, 0.25) is 0 Å². The molecule has 0 aliphatic rings. The van der Waals surface area contributed by atoms with E-state index in [9.17, 15) is 0 Å². The molecule has 0 spiro atoms. The number of anilines is 2. The van der Waals surface area contributed by atoms with Crippen molar-refractivity contribution in [3.63, 3.8) is 0 Å². The minimum atomic E-state index is 1.02. The van der Waals surface area contributed by atoms with Crippen LogP contribution in [-0.4, -0.2) is 4.98 Å². The molecule has 82 valence electrons. The molecule has 0 aliphatic carbocycles. The number of benzene rings is 2. The summed E-state index contributed by atoms with van der Waals surface area (Å²) in [5.41, 5.74) is 3.19. The molecule has 2 aromatic carbocycles. The van der Waals surface area contributed by atoms with Crippen LogP contribution in [0, 0.1) is 0 Å². The molecule has 17 heavy (non-hydrogen) atoms. The van der Waals surface area contributed by atoms with Crippen LogP contribution in [-0.2, 0) is 0 Å². The first-order chi connectivity index (χ1) is 8.42. The Hall–Kier alpha value is -2.35. The third-order valence-corrected chi connectivity index (χ3v) is 2.67. The van der Waals surface area contributed by atoms with Crippen LogP contribution >= 0.6 is 0 Å². The number of pyridine rings is 1. The molecular weight excluding hydrogens is 208 g/mol. The van der Waals surface area contributed by atoms with Gasteiger partial charge < -0.3 is 5.32 Å². The van der Waals surface area contributed by atoms with Gasteiger partial charge in [0.15, 0.2) is 0 Å². The van der Waals surface area contributed by atoms with Crippen LogP contribution < -0.4 is 5.32 Å². The van der Waals surface area contributed by atoms with Crippen molar-refractivity contribution in [2.75, 3.05) is 5.32 Å². The monoisotopic (exact) mass is 220 g/mol. The summed E-state index contributed by atoms with van der Waals surface area (Å²) < 4.78 is 0. The normalized spacial score (nSPS) is 10.4. The predicted molar refractivity (Wildman–Crippen MR) is 71.5 cm³/mol. The molecule has 0 fully saturated rings. The summed E-state index contributed by atoms with van der Waals surface area (Å²) in [5.74, 6) is 0. The van der Waals surface area contributed by atoms with Crippen LogP contribution in [0.1, 0.15) is 0 Å². The van der Waals surface area contributed by atoms with Gasteiger partial charge in [-0.05, 0) is 36.4 Å². The lowest BCUT2D eigenvalue weighted by molar-refractivity contribution is 1.41. The molecular formula is C15H12N2. The van der Waals surface area contributed by atoms with E-state index in [0.717, 1.165) is 22.3 Å². The number of aromatic nitrogens is 1. The maximum Gasteiger partial charge on any atom is 0.0703 e. The summed E-state index contributed by atoms with van der Waals surface area (Å²) in [5, 5.41) is 4.51. The molecule has 0 atom stereocenters. The summed E-state index contributed by atoms with van der Waals surface area (Å²) in [4.78, 5) is 4.30. The first-order valence-corrected chi connectivity index (χ1v) is 5.59. The molecule has 0 saturated carbocycles. The van der Waals surface area contributed by atoms with Crippen molar-refractivity contribution >= 4 is 22.3 Å². The van der Waals surface area contributed by atoms with Crippen LogP contribution in [0.2, 0.25) is 0 Å². The first-order valence-electron chi connectivity index (χ1n) is 5.59. The second-order valence-corrected chi connectivity index (χ2v) is 3.90. The van der Waals surface area contributed by atoms with Crippen molar-refractivity contribution in [1.29, 1.82) is 0 Å². The summed E-state index contributed by atoms with van der Waals surface area (Å²) >= 11 is 0. The number of nitrogens with one attached hydrogen (secondary N) is 1. The number of fused-ring (bicyclic) bond motifs is 1. The molecule has 2 nitrogen and oxygen atoms in total. The quantitative estimate of drug-likeness (QED) is 0.706. The van der Waals surface area contributed by atoms with Gasteiger partial charge >= 0.3 is 0 Å². The van der Waals surface area contributed by atoms with Crippen molar-refractivity contribution in [2.45, 2.75) is 0 Å². The summed E-state index contributed by atoms with van der Waals surface area (Å²) in [6.45, 7) is 0. The lowest BCUT2D eigenvalue weighted by Gasteiger charge is -2.06. The molecule has 0 aliphatic heterocycles. The van der Waals surface area contributed by atoms with Crippen molar-refractivity contribution < 1.29 is 0 Å². The number of para-hydroxylation sites is 1. The molecule has 1 aromatic heterocycles. The van der Waals surface area contributed by atoms with Crippen molar-refractivity contribution in [1.82, 2.24) is 4.98 Å². The van der Waals surface area contributed by atoms with Gasteiger partial charge in [0, 0.05) is 23.0 Å². The van der Waals surface area contributed by atoms with E-state index in [1.54, 1.807) is 0 Å². The maximum absolute atomic E-state index is 4.30. The Morgan fingerprint density at radius 1 is 0.765 bits per heavy atom. The highest BCUT2D eigenvalue weighted by molar-refractivity contribution is 5.83. The van der Waals surface area contributed by atoms with Gasteiger partial charge in [0.1, 0.15) is 0 Å². The lowest BCUT2D eigenvalue weighted by Crippen LogP contribution is -1.89. The highest BCUT2D eigenvalue weighted by Crippen LogP contribution is 2.20. The first kappa shape index (κ1) is 9.85. The van der Waals surface area contributed by atoms with E-state index >= 15 is 0 Å². The molecule has 1 N–H and O–H groups in total. The topological polar surface area (TPSA) is 24.9 Å². The summed E-state index contributed by atoms with van der Waals surface area (Å²) in [6, 6.07) is 20.3. The van der Waals surface area contributed by atoms with Crippen molar-refractivity contribution in [3.8, 4) is 0 Å².